The average Bonchev–Trinajstić information content (AvgIpc) is 3.00. The molecule has 2 heterocycles. The number of benzene rings is 1. The van der Waals surface area contributed by atoms with Crippen molar-refractivity contribution in [3.8, 4) is 5.75 Å². The van der Waals surface area contributed by atoms with Crippen LogP contribution in [0.25, 0.3) is 0 Å². The summed E-state index contributed by atoms with van der Waals surface area (Å²) in [5.74, 6) is 0.702. The van der Waals surface area contributed by atoms with Crippen LogP contribution in [-0.2, 0) is 11.3 Å². The van der Waals surface area contributed by atoms with E-state index in [0.717, 1.165) is 12.2 Å². The third-order valence-electron chi connectivity index (χ3n) is 3.83. The molecular formula is C17H19N3O3. The number of hydrogen-bond donors (Lipinski definition) is 0. The molecular weight excluding hydrogens is 294 g/mol. The summed E-state index contributed by atoms with van der Waals surface area (Å²) in [6, 6.07) is 12.7. The van der Waals surface area contributed by atoms with E-state index in [-0.39, 0.29) is 24.1 Å². The normalized spacial score (nSPS) is 17.3. The van der Waals surface area contributed by atoms with Gasteiger partial charge in [-0.1, -0.05) is 18.2 Å². The second kappa shape index (κ2) is 6.64. The topological polar surface area (TPSA) is 64.4 Å². The summed E-state index contributed by atoms with van der Waals surface area (Å²) in [6.45, 7) is 2.93. The van der Waals surface area contributed by atoms with Gasteiger partial charge in [0.1, 0.15) is 18.4 Å². The van der Waals surface area contributed by atoms with Crippen molar-refractivity contribution in [3.63, 3.8) is 0 Å². The second-order valence-corrected chi connectivity index (χ2v) is 5.65. The summed E-state index contributed by atoms with van der Waals surface area (Å²) in [5, 5.41) is 4.10. The zero-order valence-electron chi connectivity index (χ0n) is 13.0. The molecule has 1 amide bonds. The Labute approximate surface area is 134 Å². The van der Waals surface area contributed by atoms with Gasteiger partial charge in [0, 0.05) is 19.0 Å². The van der Waals surface area contributed by atoms with Crippen molar-refractivity contribution in [2.45, 2.75) is 26.0 Å². The molecule has 0 unspecified atom stereocenters. The predicted molar refractivity (Wildman–Crippen MR) is 85.3 cm³/mol. The Kier molecular flexibility index (Phi) is 4.41. The van der Waals surface area contributed by atoms with Crippen LogP contribution in [0.5, 0.6) is 5.75 Å². The number of nitrogens with zero attached hydrogens (tertiary/aromatic N) is 3. The van der Waals surface area contributed by atoms with Gasteiger partial charge in [0.15, 0.2) is 0 Å². The first-order valence-corrected chi connectivity index (χ1v) is 7.66. The highest BCUT2D eigenvalue weighted by molar-refractivity contribution is 5.76. The summed E-state index contributed by atoms with van der Waals surface area (Å²) in [5.41, 5.74) is 0.448. The lowest BCUT2D eigenvalue weighted by atomic mass is 10.3. The number of carbonyl (C=O) groups is 1. The van der Waals surface area contributed by atoms with Crippen molar-refractivity contribution in [1.82, 2.24) is 14.7 Å². The monoisotopic (exact) mass is 313 g/mol. The minimum Gasteiger partial charge on any atom is -0.489 e. The van der Waals surface area contributed by atoms with Crippen molar-refractivity contribution in [2.24, 2.45) is 0 Å². The number of ether oxygens (including phenoxy) is 1. The fourth-order valence-corrected chi connectivity index (χ4v) is 2.63. The third kappa shape index (κ3) is 3.77. The summed E-state index contributed by atoms with van der Waals surface area (Å²) < 4.78 is 7.08. The molecule has 1 atom stereocenters. The maximum atomic E-state index is 12.3. The number of aryl methyl sites for hydroxylation is 1. The van der Waals surface area contributed by atoms with Crippen LogP contribution >= 0.6 is 0 Å². The van der Waals surface area contributed by atoms with Crippen molar-refractivity contribution >= 4 is 5.91 Å². The molecule has 23 heavy (non-hydrogen) atoms. The Balaban J connectivity index is 1.59. The lowest BCUT2D eigenvalue weighted by Crippen LogP contribution is -2.37. The molecule has 0 bridgehead atoms. The average molecular weight is 313 g/mol. The molecule has 0 radical (unpaired) electrons. The zero-order valence-corrected chi connectivity index (χ0v) is 13.0. The first-order chi connectivity index (χ1) is 11.1. The molecule has 6 nitrogen and oxygen atoms in total. The Bertz CT molecular complexity index is 742. The maximum Gasteiger partial charge on any atom is 0.267 e. The first-order valence-electron chi connectivity index (χ1n) is 7.66. The predicted octanol–water partition coefficient (Wildman–Crippen LogP) is 1.23. The van der Waals surface area contributed by atoms with Gasteiger partial charge in [-0.15, -0.1) is 0 Å². The van der Waals surface area contributed by atoms with Crippen LogP contribution in [0.3, 0.4) is 0 Å². The maximum absolute atomic E-state index is 12.3. The minimum atomic E-state index is -0.264. The van der Waals surface area contributed by atoms with E-state index >= 15 is 0 Å². The Morgan fingerprint density at radius 2 is 2.04 bits per heavy atom. The Morgan fingerprint density at radius 3 is 2.83 bits per heavy atom. The smallest absolute Gasteiger partial charge is 0.267 e. The molecule has 2 aromatic rings. The van der Waals surface area contributed by atoms with Crippen LogP contribution in [0.4, 0.5) is 0 Å². The van der Waals surface area contributed by atoms with Crippen molar-refractivity contribution in [2.75, 3.05) is 13.1 Å². The van der Waals surface area contributed by atoms with E-state index in [1.54, 1.807) is 17.9 Å². The largest absolute Gasteiger partial charge is 0.489 e. The summed E-state index contributed by atoms with van der Waals surface area (Å²) in [6.07, 6.45) is 0.778. The van der Waals surface area contributed by atoms with Gasteiger partial charge in [-0.25, -0.2) is 4.68 Å². The van der Waals surface area contributed by atoms with Crippen LogP contribution in [0.1, 0.15) is 12.1 Å². The number of likely N-dealkylation sites (tertiary alicyclic amines) is 1. The number of para-hydroxylation sites is 1. The molecule has 1 aliphatic rings. The molecule has 0 spiro atoms. The molecule has 1 fully saturated rings. The lowest BCUT2D eigenvalue weighted by molar-refractivity contribution is -0.131. The summed E-state index contributed by atoms with van der Waals surface area (Å²) >= 11 is 0. The number of rotatable bonds is 4. The van der Waals surface area contributed by atoms with E-state index in [2.05, 4.69) is 5.10 Å². The first kappa shape index (κ1) is 15.3. The Morgan fingerprint density at radius 1 is 1.26 bits per heavy atom. The van der Waals surface area contributed by atoms with Gasteiger partial charge in [0.05, 0.1) is 12.2 Å². The van der Waals surface area contributed by atoms with Gasteiger partial charge >= 0.3 is 0 Å². The molecule has 1 aliphatic heterocycles. The van der Waals surface area contributed by atoms with Gasteiger partial charge in [0.25, 0.3) is 5.56 Å². The van der Waals surface area contributed by atoms with Gasteiger partial charge in [-0.05, 0) is 25.1 Å². The highest BCUT2D eigenvalue weighted by Gasteiger charge is 2.27. The van der Waals surface area contributed by atoms with E-state index in [1.807, 2.05) is 30.3 Å². The SMILES string of the molecule is Cc1ccc(=O)n(CC(=O)N2CC[C@@H](Oc3ccccc3)C2)n1. The van der Waals surface area contributed by atoms with E-state index in [4.69, 9.17) is 4.74 Å². The van der Waals surface area contributed by atoms with Crippen LogP contribution in [-0.4, -0.2) is 39.8 Å². The molecule has 3 rings (SSSR count). The fraction of sp³-hybridized carbons (Fsp3) is 0.353. The van der Waals surface area contributed by atoms with E-state index in [0.29, 0.717) is 18.8 Å². The highest BCUT2D eigenvalue weighted by Crippen LogP contribution is 2.18. The minimum absolute atomic E-state index is 0.0106. The third-order valence-corrected chi connectivity index (χ3v) is 3.83. The van der Waals surface area contributed by atoms with E-state index in [9.17, 15) is 9.59 Å². The van der Waals surface area contributed by atoms with Crippen LogP contribution in [0.2, 0.25) is 0 Å². The van der Waals surface area contributed by atoms with Crippen molar-refractivity contribution in [1.29, 1.82) is 0 Å². The van der Waals surface area contributed by atoms with Crippen LogP contribution in [0.15, 0.2) is 47.3 Å². The van der Waals surface area contributed by atoms with Gasteiger partial charge in [0.2, 0.25) is 5.91 Å². The van der Waals surface area contributed by atoms with Crippen LogP contribution < -0.4 is 10.3 Å². The molecule has 6 heteroatoms. The second-order valence-electron chi connectivity index (χ2n) is 5.65. The molecule has 120 valence electrons. The van der Waals surface area contributed by atoms with Crippen LogP contribution in [0, 0.1) is 6.92 Å². The van der Waals surface area contributed by atoms with Gasteiger partial charge < -0.3 is 9.64 Å². The fourth-order valence-electron chi connectivity index (χ4n) is 2.63. The molecule has 1 aromatic carbocycles. The lowest BCUT2D eigenvalue weighted by Gasteiger charge is -2.17. The highest BCUT2D eigenvalue weighted by atomic mass is 16.5. The molecule has 0 saturated carbocycles. The van der Waals surface area contributed by atoms with E-state index in [1.165, 1.54) is 10.7 Å². The number of aromatic nitrogens is 2. The number of carbonyl (C=O) groups excluding carboxylic acids is 1. The van der Waals surface area contributed by atoms with Crippen molar-refractivity contribution < 1.29 is 9.53 Å². The Hall–Kier alpha value is -2.63. The van der Waals surface area contributed by atoms with E-state index < -0.39 is 0 Å². The summed E-state index contributed by atoms with van der Waals surface area (Å²) in [4.78, 5) is 25.8. The molecule has 0 aliphatic carbocycles. The quantitative estimate of drug-likeness (QED) is 0.852. The molecule has 1 saturated heterocycles. The zero-order chi connectivity index (χ0) is 16.2. The number of amides is 1. The summed E-state index contributed by atoms with van der Waals surface area (Å²) in [7, 11) is 0. The van der Waals surface area contributed by atoms with Gasteiger partial charge in [-0.3, -0.25) is 9.59 Å². The van der Waals surface area contributed by atoms with Crippen molar-refractivity contribution in [3.05, 3.63) is 58.5 Å². The van der Waals surface area contributed by atoms with Gasteiger partial charge in [-0.2, -0.15) is 5.10 Å². The molecule has 0 N–H and O–H groups in total. The number of hydrogen-bond acceptors (Lipinski definition) is 4. The molecule has 1 aromatic heterocycles. The standard InChI is InChI=1S/C17H19N3O3/c1-13-7-8-16(21)20(18-13)12-17(22)19-10-9-15(11-19)23-14-5-3-2-4-6-14/h2-8,15H,9-12H2,1H3/t15-/m1/s1.